The molecule has 1 aliphatic heterocycles. The molecule has 0 unspecified atom stereocenters. The van der Waals surface area contributed by atoms with Gasteiger partial charge in [0.25, 0.3) is 5.91 Å². The van der Waals surface area contributed by atoms with Gasteiger partial charge in [0.15, 0.2) is 5.69 Å². The highest BCUT2D eigenvalue weighted by molar-refractivity contribution is 5.98. The van der Waals surface area contributed by atoms with Gasteiger partial charge >= 0.3 is 0 Å². The molecule has 3 atom stereocenters. The second-order valence-electron chi connectivity index (χ2n) is 9.94. The van der Waals surface area contributed by atoms with Crippen molar-refractivity contribution in [3.8, 4) is 11.3 Å². The number of hydrogen-bond donors (Lipinski definition) is 2. The number of amides is 1. The normalized spacial score (nSPS) is 24.6. The van der Waals surface area contributed by atoms with Gasteiger partial charge in [0.1, 0.15) is 5.60 Å². The minimum absolute atomic E-state index is 0.00401. The number of benzene rings is 1. The molecule has 0 bridgehead atoms. The molecule has 1 saturated heterocycles. The lowest BCUT2D eigenvalue weighted by Crippen LogP contribution is -2.54. The molecule has 3 heterocycles. The molecule has 0 radical (unpaired) electrons. The lowest BCUT2D eigenvalue weighted by Gasteiger charge is -2.41. The van der Waals surface area contributed by atoms with Crippen LogP contribution in [0.15, 0.2) is 61.2 Å². The lowest BCUT2D eigenvalue weighted by molar-refractivity contribution is -0.0893. The van der Waals surface area contributed by atoms with Crippen LogP contribution in [0.2, 0.25) is 0 Å². The molecule has 8 heteroatoms. The molecule has 8 nitrogen and oxygen atoms in total. The second-order valence-corrected chi connectivity index (χ2v) is 9.94. The van der Waals surface area contributed by atoms with Crippen molar-refractivity contribution in [3.63, 3.8) is 0 Å². The first-order valence-corrected chi connectivity index (χ1v) is 12.8. The maximum atomic E-state index is 14.1. The molecule has 2 aromatic heterocycles. The molecule has 2 fully saturated rings. The Hall–Kier alpha value is -3.07. The van der Waals surface area contributed by atoms with Crippen molar-refractivity contribution >= 4 is 5.91 Å². The summed E-state index contributed by atoms with van der Waals surface area (Å²) in [5.74, 6) is -0.0749. The highest BCUT2D eigenvalue weighted by Gasteiger charge is 2.42. The van der Waals surface area contributed by atoms with Gasteiger partial charge in [0.05, 0.1) is 24.7 Å². The van der Waals surface area contributed by atoms with Crippen LogP contribution in [-0.2, 0) is 11.2 Å². The molecule has 1 saturated carbocycles. The van der Waals surface area contributed by atoms with Crippen molar-refractivity contribution in [2.24, 2.45) is 0 Å². The van der Waals surface area contributed by atoms with Crippen LogP contribution in [0, 0.1) is 0 Å². The number of aliphatic hydroxyl groups is 1. The fraction of sp³-hybridized carbons (Fsp3) is 0.464. The van der Waals surface area contributed by atoms with E-state index in [0.29, 0.717) is 18.7 Å². The van der Waals surface area contributed by atoms with Gasteiger partial charge in [-0.3, -0.25) is 9.78 Å². The van der Waals surface area contributed by atoms with Gasteiger partial charge in [-0.2, -0.15) is 0 Å². The van der Waals surface area contributed by atoms with E-state index in [1.54, 1.807) is 19.6 Å². The Morgan fingerprint density at radius 1 is 1.22 bits per heavy atom. The van der Waals surface area contributed by atoms with Crippen LogP contribution in [0.5, 0.6) is 0 Å². The van der Waals surface area contributed by atoms with E-state index in [1.807, 2.05) is 58.1 Å². The summed E-state index contributed by atoms with van der Waals surface area (Å²) in [5, 5.41) is 15.0. The monoisotopic (exact) mass is 489 g/mol. The Morgan fingerprint density at radius 2 is 2.08 bits per heavy atom. The maximum Gasteiger partial charge on any atom is 0.275 e. The average Bonchev–Trinajstić information content (AvgIpc) is 3.35. The zero-order chi connectivity index (χ0) is 25.0. The molecule has 3 aromatic rings. The molecular formula is C28H35N5O3. The summed E-state index contributed by atoms with van der Waals surface area (Å²) in [5.41, 5.74) is 2.22. The summed E-state index contributed by atoms with van der Waals surface area (Å²) >= 11 is 0. The highest BCUT2D eigenvalue weighted by atomic mass is 16.5. The highest BCUT2D eigenvalue weighted by Crippen LogP contribution is 2.41. The Kier molecular flexibility index (Phi) is 7.46. The molecule has 5 rings (SSSR count). The largest absolute Gasteiger partial charge is 0.385 e. The predicted octanol–water partition coefficient (Wildman–Crippen LogP) is 3.09. The fourth-order valence-corrected chi connectivity index (χ4v) is 5.79. The first-order chi connectivity index (χ1) is 17.6. The molecule has 36 heavy (non-hydrogen) atoms. The molecule has 1 amide bonds. The number of piperazine rings is 1. The molecule has 1 aliphatic carbocycles. The van der Waals surface area contributed by atoms with Crippen molar-refractivity contribution in [1.82, 2.24) is 24.8 Å². The van der Waals surface area contributed by atoms with E-state index in [9.17, 15) is 9.90 Å². The second kappa shape index (κ2) is 10.9. The van der Waals surface area contributed by atoms with Crippen molar-refractivity contribution in [2.45, 2.75) is 49.8 Å². The SMILES string of the molecule is COC[C@]1(O)CCCC[C@H]1n1cnc(C(=O)N2CCNC[C@H]2Cc2cccnc2)c1-c1ccccc1. The quantitative estimate of drug-likeness (QED) is 0.530. The number of nitrogens with zero attached hydrogens (tertiary/aromatic N) is 4. The van der Waals surface area contributed by atoms with Crippen LogP contribution >= 0.6 is 0 Å². The van der Waals surface area contributed by atoms with Crippen LogP contribution in [0.4, 0.5) is 0 Å². The molecule has 2 N–H and O–H groups in total. The van der Waals surface area contributed by atoms with E-state index < -0.39 is 5.60 Å². The van der Waals surface area contributed by atoms with Crippen molar-refractivity contribution in [2.75, 3.05) is 33.4 Å². The van der Waals surface area contributed by atoms with Crippen LogP contribution in [0.3, 0.4) is 0 Å². The third-order valence-electron chi connectivity index (χ3n) is 7.54. The minimum atomic E-state index is -1.00. The van der Waals surface area contributed by atoms with Crippen LogP contribution in [0.25, 0.3) is 11.3 Å². The van der Waals surface area contributed by atoms with Crippen molar-refractivity contribution in [1.29, 1.82) is 0 Å². The fourth-order valence-electron chi connectivity index (χ4n) is 5.79. The lowest BCUT2D eigenvalue weighted by atomic mass is 9.80. The Labute approximate surface area is 212 Å². The van der Waals surface area contributed by atoms with Crippen LogP contribution in [0.1, 0.15) is 47.8 Å². The van der Waals surface area contributed by atoms with Gasteiger partial charge in [-0.15, -0.1) is 0 Å². The average molecular weight is 490 g/mol. The van der Waals surface area contributed by atoms with Gasteiger partial charge in [0, 0.05) is 50.7 Å². The zero-order valence-corrected chi connectivity index (χ0v) is 20.8. The number of rotatable bonds is 7. The van der Waals surface area contributed by atoms with Gasteiger partial charge in [-0.1, -0.05) is 49.2 Å². The Morgan fingerprint density at radius 3 is 2.86 bits per heavy atom. The van der Waals surface area contributed by atoms with Crippen molar-refractivity contribution < 1.29 is 14.6 Å². The first-order valence-electron chi connectivity index (χ1n) is 12.8. The summed E-state index contributed by atoms with van der Waals surface area (Å²) in [6.45, 7) is 2.32. The number of imidazole rings is 1. The van der Waals surface area contributed by atoms with E-state index in [-0.39, 0.29) is 24.6 Å². The molecular weight excluding hydrogens is 454 g/mol. The van der Waals surface area contributed by atoms with Gasteiger partial charge in [0.2, 0.25) is 0 Å². The summed E-state index contributed by atoms with van der Waals surface area (Å²) in [4.78, 5) is 25.0. The summed E-state index contributed by atoms with van der Waals surface area (Å²) < 4.78 is 7.46. The standard InChI is InChI=1S/C28H35N5O3/c1-36-19-28(35)12-6-5-11-24(28)33-20-31-25(26(33)22-9-3-2-4-10-22)27(34)32-15-14-30-18-23(32)16-21-8-7-13-29-17-21/h2-4,7-10,13,17,20,23-24,30,35H,5-6,11-12,14-16,18-19H2,1H3/t23-,24-,28-/m1/s1. The number of methoxy groups -OCH3 is 1. The number of carbonyl (C=O) groups excluding carboxylic acids is 1. The van der Waals surface area contributed by atoms with E-state index in [1.165, 1.54) is 0 Å². The first kappa shape index (κ1) is 24.6. The smallest absolute Gasteiger partial charge is 0.275 e. The van der Waals surface area contributed by atoms with Gasteiger partial charge in [-0.25, -0.2) is 4.98 Å². The third kappa shape index (κ3) is 4.93. The van der Waals surface area contributed by atoms with Gasteiger partial charge in [-0.05, 0) is 30.9 Å². The maximum absolute atomic E-state index is 14.1. The number of nitrogens with one attached hydrogen (secondary N) is 1. The van der Waals surface area contributed by atoms with Crippen LogP contribution < -0.4 is 5.32 Å². The topological polar surface area (TPSA) is 92.5 Å². The summed E-state index contributed by atoms with van der Waals surface area (Å²) in [6.07, 6.45) is 9.52. The molecule has 0 spiro atoms. The third-order valence-corrected chi connectivity index (χ3v) is 7.54. The minimum Gasteiger partial charge on any atom is -0.385 e. The number of aromatic nitrogens is 3. The van der Waals surface area contributed by atoms with E-state index in [0.717, 1.165) is 55.6 Å². The number of carbonyl (C=O) groups is 1. The predicted molar refractivity (Wildman–Crippen MR) is 138 cm³/mol. The number of pyridine rings is 1. The number of hydrogen-bond acceptors (Lipinski definition) is 6. The zero-order valence-electron chi connectivity index (χ0n) is 20.8. The van der Waals surface area contributed by atoms with E-state index in [2.05, 4.69) is 10.3 Å². The molecule has 2 aliphatic rings. The number of ether oxygens (including phenoxy) is 1. The summed E-state index contributed by atoms with van der Waals surface area (Å²) in [6, 6.07) is 13.7. The Balaban J connectivity index is 1.53. The van der Waals surface area contributed by atoms with Crippen molar-refractivity contribution in [3.05, 3.63) is 72.4 Å². The van der Waals surface area contributed by atoms with Gasteiger partial charge < -0.3 is 24.6 Å². The molecule has 190 valence electrons. The van der Waals surface area contributed by atoms with E-state index >= 15 is 0 Å². The van der Waals surface area contributed by atoms with Crippen LogP contribution in [-0.4, -0.2) is 75.4 Å². The van der Waals surface area contributed by atoms with E-state index in [4.69, 9.17) is 9.72 Å². The molecule has 1 aromatic carbocycles. The Bertz CT molecular complexity index is 1150. The summed E-state index contributed by atoms with van der Waals surface area (Å²) in [7, 11) is 1.62.